The highest BCUT2D eigenvalue weighted by Gasteiger charge is 2.32. The Kier molecular flexibility index (Phi) is 6.62. The van der Waals surface area contributed by atoms with E-state index in [1.807, 2.05) is 6.92 Å². The van der Waals surface area contributed by atoms with Gasteiger partial charge in [0.25, 0.3) is 0 Å². The third-order valence-electron chi connectivity index (χ3n) is 3.64. The molecule has 140 valence electrons. The van der Waals surface area contributed by atoms with Gasteiger partial charge in [0.15, 0.2) is 0 Å². The van der Waals surface area contributed by atoms with E-state index in [1.165, 1.54) is 17.2 Å². The first-order valence-electron chi connectivity index (χ1n) is 8.06. The standard InChI is InChI=1S/C17H19F3N4O2/c1-2-8-24(11-14(25)13-4-3-7-22-23-13)16(26)9-12-5-6-15(21-10-12)17(18,19)20/h3-7,10,14,25H,2,8-9,11H2,1H3. The van der Waals surface area contributed by atoms with Crippen molar-refractivity contribution in [3.63, 3.8) is 0 Å². The van der Waals surface area contributed by atoms with Crippen LogP contribution >= 0.6 is 0 Å². The number of carbonyl (C=O) groups excluding carboxylic acids is 1. The molecule has 0 saturated heterocycles. The van der Waals surface area contributed by atoms with E-state index < -0.39 is 18.0 Å². The summed E-state index contributed by atoms with van der Waals surface area (Å²) in [5.41, 5.74) is -0.284. The van der Waals surface area contributed by atoms with Gasteiger partial charge in [-0.1, -0.05) is 13.0 Å². The molecule has 6 nitrogen and oxygen atoms in total. The van der Waals surface area contributed by atoms with Gasteiger partial charge in [0.05, 0.1) is 18.7 Å². The van der Waals surface area contributed by atoms with Crippen molar-refractivity contribution in [3.05, 3.63) is 53.6 Å². The number of carbonyl (C=O) groups is 1. The molecular formula is C17H19F3N4O2. The normalized spacial score (nSPS) is 12.7. The molecule has 0 aliphatic rings. The second kappa shape index (κ2) is 8.70. The van der Waals surface area contributed by atoms with E-state index in [1.54, 1.807) is 12.1 Å². The van der Waals surface area contributed by atoms with Crippen molar-refractivity contribution in [2.75, 3.05) is 13.1 Å². The maximum Gasteiger partial charge on any atom is 0.433 e. The van der Waals surface area contributed by atoms with Crippen molar-refractivity contribution in [3.8, 4) is 0 Å². The number of alkyl halides is 3. The molecular weight excluding hydrogens is 349 g/mol. The summed E-state index contributed by atoms with van der Waals surface area (Å²) < 4.78 is 37.6. The lowest BCUT2D eigenvalue weighted by molar-refractivity contribution is -0.141. The molecule has 0 aliphatic carbocycles. The van der Waals surface area contributed by atoms with Gasteiger partial charge >= 0.3 is 6.18 Å². The van der Waals surface area contributed by atoms with E-state index in [0.29, 0.717) is 24.2 Å². The van der Waals surface area contributed by atoms with Crippen LogP contribution in [-0.4, -0.2) is 44.2 Å². The lowest BCUT2D eigenvalue weighted by Gasteiger charge is -2.24. The van der Waals surface area contributed by atoms with Crippen LogP contribution < -0.4 is 0 Å². The van der Waals surface area contributed by atoms with Gasteiger partial charge in [-0.25, -0.2) is 0 Å². The van der Waals surface area contributed by atoms with Crippen LogP contribution in [0.25, 0.3) is 0 Å². The lowest BCUT2D eigenvalue weighted by atomic mass is 10.1. The number of aromatic nitrogens is 3. The average molecular weight is 368 g/mol. The third kappa shape index (κ3) is 5.48. The molecule has 1 amide bonds. The first-order chi connectivity index (χ1) is 12.3. The molecule has 1 atom stereocenters. The molecule has 0 fully saturated rings. The number of hydrogen-bond acceptors (Lipinski definition) is 5. The Hall–Kier alpha value is -2.55. The highest BCUT2D eigenvalue weighted by atomic mass is 19.4. The minimum Gasteiger partial charge on any atom is -0.385 e. The number of hydrogen-bond donors (Lipinski definition) is 1. The maximum atomic E-state index is 12.5. The van der Waals surface area contributed by atoms with Crippen molar-refractivity contribution in [1.29, 1.82) is 0 Å². The highest BCUT2D eigenvalue weighted by molar-refractivity contribution is 5.78. The number of aliphatic hydroxyl groups excluding tert-OH is 1. The molecule has 0 spiro atoms. The summed E-state index contributed by atoms with van der Waals surface area (Å²) in [6.07, 6.45) is -2.42. The van der Waals surface area contributed by atoms with Crippen molar-refractivity contribution in [2.24, 2.45) is 0 Å². The average Bonchev–Trinajstić information content (AvgIpc) is 2.61. The molecule has 1 unspecified atom stereocenters. The minimum atomic E-state index is -4.52. The van der Waals surface area contributed by atoms with Gasteiger partial charge in [0, 0.05) is 18.9 Å². The number of pyridine rings is 1. The van der Waals surface area contributed by atoms with Gasteiger partial charge in [0.2, 0.25) is 5.91 Å². The van der Waals surface area contributed by atoms with E-state index in [4.69, 9.17) is 0 Å². The van der Waals surface area contributed by atoms with Crippen molar-refractivity contribution in [1.82, 2.24) is 20.1 Å². The summed E-state index contributed by atoms with van der Waals surface area (Å²) in [6, 6.07) is 5.32. The van der Waals surface area contributed by atoms with Gasteiger partial charge in [0.1, 0.15) is 11.8 Å². The summed E-state index contributed by atoms with van der Waals surface area (Å²) >= 11 is 0. The van der Waals surface area contributed by atoms with Crippen molar-refractivity contribution >= 4 is 5.91 Å². The number of nitrogens with zero attached hydrogens (tertiary/aromatic N) is 4. The summed E-state index contributed by atoms with van der Waals surface area (Å²) in [6.45, 7) is 2.32. The Labute approximate surface area is 148 Å². The van der Waals surface area contributed by atoms with Gasteiger partial charge in [-0.15, -0.1) is 0 Å². The second-order valence-electron chi connectivity index (χ2n) is 5.73. The largest absolute Gasteiger partial charge is 0.433 e. The van der Waals surface area contributed by atoms with E-state index in [-0.39, 0.29) is 18.9 Å². The zero-order valence-corrected chi connectivity index (χ0v) is 14.1. The van der Waals surface area contributed by atoms with E-state index in [9.17, 15) is 23.1 Å². The monoisotopic (exact) mass is 368 g/mol. The Balaban J connectivity index is 2.03. The van der Waals surface area contributed by atoms with Crippen LogP contribution in [0, 0.1) is 0 Å². The summed E-state index contributed by atoms with van der Waals surface area (Å²) in [5.74, 6) is -0.309. The predicted molar refractivity (Wildman–Crippen MR) is 86.8 cm³/mol. The highest BCUT2D eigenvalue weighted by Crippen LogP contribution is 2.27. The van der Waals surface area contributed by atoms with Gasteiger partial charge in [-0.2, -0.15) is 23.4 Å². The fourth-order valence-corrected chi connectivity index (χ4v) is 2.36. The molecule has 2 aromatic rings. The van der Waals surface area contributed by atoms with Crippen LogP contribution in [0.1, 0.15) is 36.4 Å². The molecule has 2 heterocycles. The molecule has 0 aliphatic heterocycles. The quantitative estimate of drug-likeness (QED) is 0.812. The minimum absolute atomic E-state index is 0.0272. The number of aliphatic hydroxyl groups is 1. The van der Waals surface area contributed by atoms with Gasteiger partial charge < -0.3 is 10.0 Å². The summed E-state index contributed by atoms with van der Waals surface area (Å²) in [5, 5.41) is 17.7. The molecule has 0 saturated carbocycles. The van der Waals surface area contributed by atoms with Crippen LogP contribution in [0.4, 0.5) is 13.2 Å². The van der Waals surface area contributed by atoms with Gasteiger partial charge in [-0.05, 0) is 30.2 Å². The predicted octanol–water partition coefficient (Wildman–Crippen LogP) is 2.41. The van der Waals surface area contributed by atoms with Crippen LogP contribution in [0.15, 0.2) is 36.7 Å². The van der Waals surface area contributed by atoms with Crippen molar-refractivity contribution < 1.29 is 23.1 Å². The van der Waals surface area contributed by atoms with Gasteiger partial charge in [-0.3, -0.25) is 9.78 Å². The first kappa shape index (κ1) is 19.8. The zero-order valence-electron chi connectivity index (χ0n) is 14.1. The van der Waals surface area contributed by atoms with Crippen LogP contribution in [0.3, 0.4) is 0 Å². The fraction of sp³-hybridized carbons (Fsp3) is 0.412. The Morgan fingerprint density at radius 1 is 1.31 bits per heavy atom. The maximum absolute atomic E-state index is 12.5. The Bertz CT molecular complexity index is 708. The van der Waals surface area contributed by atoms with Crippen LogP contribution in [0.5, 0.6) is 0 Å². The fourth-order valence-electron chi connectivity index (χ4n) is 2.36. The summed E-state index contributed by atoms with van der Waals surface area (Å²) in [4.78, 5) is 17.3. The smallest absolute Gasteiger partial charge is 0.385 e. The summed E-state index contributed by atoms with van der Waals surface area (Å²) in [7, 11) is 0. The molecule has 0 radical (unpaired) electrons. The van der Waals surface area contributed by atoms with E-state index in [2.05, 4.69) is 15.2 Å². The second-order valence-corrected chi connectivity index (χ2v) is 5.73. The molecule has 0 aromatic carbocycles. The number of halogens is 3. The molecule has 26 heavy (non-hydrogen) atoms. The molecule has 9 heteroatoms. The molecule has 1 N–H and O–H groups in total. The number of amides is 1. The Morgan fingerprint density at radius 2 is 2.08 bits per heavy atom. The van der Waals surface area contributed by atoms with E-state index >= 15 is 0 Å². The van der Waals surface area contributed by atoms with Crippen LogP contribution in [0.2, 0.25) is 0 Å². The third-order valence-corrected chi connectivity index (χ3v) is 3.64. The first-order valence-corrected chi connectivity index (χ1v) is 8.06. The topological polar surface area (TPSA) is 79.2 Å². The SMILES string of the molecule is CCCN(CC(O)c1cccnn1)C(=O)Cc1ccc(C(F)(F)F)nc1. The van der Waals surface area contributed by atoms with Crippen LogP contribution in [-0.2, 0) is 17.4 Å². The van der Waals surface area contributed by atoms with E-state index in [0.717, 1.165) is 12.3 Å². The molecule has 2 aromatic heterocycles. The molecule has 2 rings (SSSR count). The molecule has 0 bridgehead atoms. The lowest BCUT2D eigenvalue weighted by Crippen LogP contribution is -2.36. The number of rotatable bonds is 7. The van der Waals surface area contributed by atoms with Crippen molar-refractivity contribution in [2.45, 2.75) is 32.0 Å². The Morgan fingerprint density at radius 3 is 2.62 bits per heavy atom. The zero-order chi connectivity index (χ0) is 19.2.